The van der Waals surface area contributed by atoms with Crippen LogP contribution in [0.4, 0.5) is 0 Å². The van der Waals surface area contributed by atoms with Crippen LogP contribution >= 0.6 is 15.9 Å². The van der Waals surface area contributed by atoms with Crippen LogP contribution in [0.2, 0.25) is 0 Å². The van der Waals surface area contributed by atoms with Gasteiger partial charge in [0.05, 0.1) is 5.56 Å². The number of rotatable bonds is 5. The van der Waals surface area contributed by atoms with Crippen molar-refractivity contribution in [2.45, 2.75) is 13.5 Å². The van der Waals surface area contributed by atoms with Crippen LogP contribution in [0.25, 0.3) is 17.1 Å². The van der Waals surface area contributed by atoms with Crippen LogP contribution in [0, 0.1) is 6.92 Å². The molecular formula is C22H18BrN3O. The van der Waals surface area contributed by atoms with Gasteiger partial charge in [-0.1, -0.05) is 58.4 Å². The molecule has 0 fully saturated rings. The lowest BCUT2D eigenvalue weighted by Crippen LogP contribution is -2.02. The molecule has 0 atom stereocenters. The van der Waals surface area contributed by atoms with Gasteiger partial charge >= 0.3 is 0 Å². The summed E-state index contributed by atoms with van der Waals surface area (Å²) >= 11 is 3.61. The smallest absolute Gasteiger partial charge is 0.172 e. The van der Waals surface area contributed by atoms with Crippen molar-refractivity contribution in [1.29, 1.82) is 0 Å². The Morgan fingerprint density at radius 1 is 0.926 bits per heavy atom. The molecule has 1 aromatic heterocycles. The highest BCUT2D eigenvalue weighted by atomic mass is 79.9. The second-order valence-electron chi connectivity index (χ2n) is 6.18. The van der Waals surface area contributed by atoms with E-state index >= 15 is 0 Å². The topological polar surface area (TPSA) is 39.9 Å². The van der Waals surface area contributed by atoms with E-state index in [0.717, 1.165) is 32.9 Å². The van der Waals surface area contributed by atoms with Gasteiger partial charge in [0.25, 0.3) is 0 Å². The van der Waals surface area contributed by atoms with E-state index in [2.05, 4.69) is 39.1 Å². The Morgan fingerprint density at radius 2 is 1.70 bits per heavy atom. The predicted molar refractivity (Wildman–Crippen MR) is 110 cm³/mol. The zero-order chi connectivity index (χ0) is 18.6. The number of benzene rings is 3. The van der Waals surface area contributed by atoms with Crippen molar-refractivity contribution < 1.29 is 4.74 Å². The molecule has 4 rings (SSSR count). The fraction of sp³-hybridized carbons (Fsp3) is 0.0909. The monoisotopic (exact) mass is 419 g/mol. The van der Waals surface area contributed by atoms with Gasteiger partial charge in [-0.05, 0) is 42.8 Å². The molecule has 27 heavy (non-hydrogen) atoms. The van der Waals surface area contributed by atoms with E-state index in [1.54, 1.807) is 6.33 Å². The number of aryl methyl sites for hydroxylation is 1. The van der Waals surface area contributed by atoms with Crippen LogP contribution in [-0.2, 0) is 6.61 Å². The SMILES string of the molecule is Cc1cccc(Br)c1COc1ccccc1-c1nncn1-c1ccccc1. The summed E-state index contributed by atoms with van der Waals surface area (Å²) in [5.41, 5.74) is 4.24. The zero-order valence-electron chi connectivity index (χ0n) is 14.8. The minimum absolute atomic E-state index is 0.476. The van der Waals surface area contributed by atoms with Crippen molar-refractivity contribution in [1.82, 2.24) is 14.8 Å². The third kappa shape index (κ3) is 3.64. The number of hydrogen-bond acceptors (Lipinski definition) is 3. The molecule has 0 aliphatic rings. The zero-order valence-corrected chi connectivity index (χ0v) is 16.4. The average molecular weight is 420 g/mol. The molecule has 0 spiro atoms. The Kier molecular flexibility index (Phi) is 5.03. The fourth-order valence-corrected chi connectivity index (χ4v) is 3.55. The van der Waals surface area contributed by atoms with E-state index in [-0.39, 0.29) is 0 Å². The van der Waals surface area contributed by atoms with Crippen molar-refractivity contribution in [2.24, 2.45) is 0 Å². The highest BCUT2D eigenvalue weighted by molar-refractivity contribution is 9.10. The first kappa shape index (κ1) is 17.5. The molecule has 5 heteroatoms. The van der Waals surface area contributed by atoms with Crippen molar-refractivity contribution >= 4 is 15.9 Å². The van der Waals surface area contributed by atoms with Gasteiger partial charge in [0.2, 0.25) is 0 Å². The van der Waals surface area contributed by atoms with Gasteiger partial charge in [-0.15, -0.1) is 10.2 Å². The van der Waals surface area contributed by atoms with E-state index in [0.29, 0.717) is 6.61 Å². The second-order valence-corrected chi connectivity index (χ2v) is 7.03. The predicted octanol–water partition coefficient (Wildman–Crippen LogP) is 5.58. The molecule has 134 valence electrons. The van der Waals surface area contributed by atoms with E-state index < -0.39 is 0 Å². The molecule has 0 amide bonds. The van der Waals surface area contributed by atoms with E-state index in [1.807, 2.05) is 71.3 Å². The summed E-state index contributed by atoms with van der Waals surface area (Å²) in [7, 11) is 0. The Morgan fingerprint density at radius 3 is 2.52 bits per heavy atom. The van der Waals surface area contributed by atoms with Crippen LogP contribution in [0.1, 0.15) is 11.1 Å². The lowest BCUT2D eigenvalue weighted by molar-refractivity contribution is 0.305. The van der Waals surface area contributed by atoms with Crippen LogP contribution in [0.3, 0.4) is 0 Å². The molecule has 1 heterocycles. The van der Waals surface area contributed by atoms with Gasteiger partial charge < -0.3 is 4.74 Å². The van der Waals surface area contributed by atoms with Gasteiger partial charge in [0.1, 0.15) is 18.7 Å². The number of hydrogen-bond donors (Lipinski definition) is 0. The third-order valence-corrected chi connectivity index (χ3v) is 5.18. The van der Waals surface area contributed by atoms with Gasteiger partial charge in [0.15, 0.2) is 5.82 Å². The first-order chi connectivity index (χ1) is 13.2. The molecule has 4 nitrogen and oxygen atoms in total. The summed E-state index contributed by atoms with van der Waals surface area (Å²) in [6.07, 6.45) is 1.72. The van der Waals surface area contributed by atoms with Gasteiger partial charge in [0, 0.05) is 15.7 Å². The van der Waals surface area contributed by atoms with E-state index in [9.17, 15) is 0 Å². The highest BCUT2D eigenvalue weighted by Gasteiger charge is 2.14. The number of para-hydroxylation sites is 2. The molecule has 0 saturated heterocycles. The van der Waals surface area contributed by atoms with Crippen LogP contribution in [0.15, 0.2) is 83.6 Å². The second kappa shape index (κ2) is 7.76. The maximum absolute atomic E-state index is 6.19. The fourth-order valence-electron chi connectivity index (χ4n) is 2.97. The summed E-state index contributed by atoms with van der Waals surface area (Å²) in [4.78, 5) is 0. The van der Waals surface area contributed by atoms with Crippen LogP contribution < -0.4 is 4.74 Å². The molecule has 4 aromatic rings. The molecular weight excluding hydrogens is 402 g/mol. The summed E-state index contributed by atoms with van der Waals surface area (Å²) in [5, 5.41) is 8.45. The Hall–Kier alpha value is -2.92. The molecule has 0 N–H and O–H groups in total. The molecule has 0 aliphatic heterocycles. The molecule has 0 unspecified atom stereocenters. The first-order valence-corrected chi connectivity index (χ1v) is 9.45. The van der Waals surface area contributed by atoms with E-state index in [4.69, 9.17) is 4.74 Å². The summed E-state index contributed by atoms with van der Waals surface area (Å²) in [6.45, 7) is 2.56. The number of halogens is 1. The summed E-state index contributed by atoms with van der Waals surface area (Å²) in [5.74, 6) is 1.53. The van der Waals surface area contributed by atoms with Crippen molar-refractivity contribution in [2.75, 3.05) is 0 Å². The Balaban J connectivity index is 1.68. The van der Waals surface area contributed by atoms with E-state index in [1.165, 1.54) is 5.56 Å². The maximum atomic E-state index is 6.19. The quantitative estimate of drug-likeness (QED) is 0.423. The third-order valence-electron chi connectivity index (χ3n) is 4.44. The minimum Gasteiger partial charge on any atom is -0.488 e. The molecule has 0 aliphatic carbocycles. The van der Waals surface area contributed by atoms with Gasteiger partial charge in [-0.25, -0.2) is 0 Å². The maximum Gasteiger partial charge on any atom is 0.172 e. The molecule has 3 aromatic carbocycles. The first-order valence-electron chi connectivity index (χ1n) is 8.65. The summed E-state index contributed by atoms with van der Waals surface area (Å²) < 4.78 is 9.20. The van der Waals surface area contributed by atoms with Crippen molar-refractivity contribution in [3.05, 3.63) is 94.7 Å². The number of aromatic nitrogens is 3. The molecule has 0 bridgehead atoms. The number of nitrogens with zero attached hydrogens (tertiary/aromatic N) is 3. The largest absolute Gasteiger partial charge is 0.488 e. The van der Waals surface area contributed by atoms with Gasteiger partial charge in [-0.3, -0.25) is 4.57 Å². The Bertz CT molecular complexity index is 1040. The lowest BCUT2D eigenvalue weighted by atomic mass is 10.1. The highest BCUT2D eigenvalue weighted by Crippen LogP contribution is 2.31. The summed E-state index contributed by atoms with van der Waals surface area (Å²) in [6, 6.07) is 24.1. The Labute approximate surface area is 166 Å². The van der Waals surface area contributed by atoms with Crippen LogP contribution in [0.5, 0.6) is 5.75 Å². The number of ether oxygens (including phenoxy) is 1. The van der Waals surface area contributed by atoms with Gasteiger partial charge in [-0.2, -0.15) is 0 Å². The average Bonchev–Trinajstić information content (AvgIpc) is 3.18. The normalized spacial score (nSPS) is 10.7. The standard InChI is InChI=1S/C22H18BrN3O/c1-16-8-7-12-20(23)19(16)14-27-21-13-6-5-11-18(21)22-25-24-15-26(22)17-9-3-2-4-10-17/h2-13,15H,14H2,1H3. The van der Waals surface area contributed by atoms with Crippen molar-refractivity contribution in [3.8, 4) is 22.8 Å². The molecule has 0 radical (unpaired) electrons. The van der Waals surface area contributed by atoms with Crippen molar-refractivity contribution in [3.63, 3.8) is 0 Å². The lowest BCUT2D eigenvalue weighted by Gasteiger charge is -2.14. The van der Waals surface area contributed by atoms with Crippen LogP contribution in [-0.4, -0.2) is 14.8 Å². The molecule has 0 saturated carbocycles. The minimum atomic E-state index is 0.476.